The van der Waals surface area contributed by atoms with Crippen LogP contribution in [0.1, 0.15) is 25.0 Å². The fourth-order valence-corrected chi connectivity index (χ4v) is 1.97. The first kappa shape index (κ1) is 12.5. The highest BCUT2D eigenvalue weighted by atomic mass is 127. The standard InChI is InChI=1S/C14H14INO/c1-10(15)4-7-14(17)12-5-6-13-11(9-12)3-2-8-16-13/h2-6,8-9,14,17H,7H2,1H3/b10-4+/t14-/m1/s1. The van der Waals surface area contributed by atoms with Crippen molar-refractivity contribution in [3.63, 3.8) is 0 Å². The molecule has 0 radical (unpaired) electrons. The molecule has 1 heterocycles. The van der Waals surface area contributed by atoms with Gasteiger partial charge in [0.05, 0.1) is 11.6 Å². The molecule has 2 nitrogen and oxygen atoms in total. The van der Waals surface area contributed by atoms with Gasteiger partial charge in [0.15, 0.2) is 0 Å². The summed E-state index contributed by atoms with van der Waals surface area (Å²) >= 11 is 2.25. The van der Waals surface area contributed by atoms with Gasteiger partial charge in [0.2, 0.25) is 0 Å². The number of fused-ring (bicyclic) bond motifs is 1. The van der Waals surface area contributed by atoms with Crippen molar-refractivity contribution in [2.75, 3.05) is 0 Å². The Morgan fingerprint density at radius 3 is 3.06 bits per heavy atom. The summed E-state index contributed by atoms with van der Waals surface area (Å²) in [4.78, 5) is 4.26. The molecular formula is C14H14INO. The molecule has 0 aliphatic heterocycles. The number of aromatic nitrogens is 1. The summed E-state index contributed by atoms with van der Waals surface area (Å²) in [6.07, 6.45) is 4.03. The van der Waals surface area contributed by atoms with Crippen LogP contribution in [0.25, 0.3) is 10.9 Å². The molecule has 88 valence electrons. The molecule has 3 heteroatoms. The number of hydrogen-bond acceptors (Lipinski definition) is 2. The summed E-state index contributed by atoms with van der Waals surface area (Å²) in [7, 11) is 0. The zero-order valence-corrected chi connectivity index (χ0v) is 11.8. The lowest BCUT2D eigenvalue weighted by Gasteiger charge is -2.09. The molecule has 0 aliphatic carbocycles. The molecule has 1 atom stereocenters. The lowest BCUT2D eigenvalue weighted by Crippen LogP contribution is -1.95. The van der Waals surface area contributed by atoms with Gasteiger partial charge in [-0.1, -0.05) is 18.2 Å². The van der Waals surface area contributed by atoms with E-state index in [1.54, 1.807) is 6.20 Å². The van der Waals surface area contributed by atoms with Crippen LogP contribution >= 0.6 is 22.6 Å². The second-order valence-corrected chi connectivity index (χ2v) is 5.70. The Balaban J connectivity index is 2.26. The summed E-state index contributed by atoms with van der Waals surface area (Å²) in [5, 5.41) is 11.1. The van der Waals surface area contributed by atoms with E-state index in [0.29, 0.717) is 6.42 Å². The average Bonchev–Trinajstić information content (AvgIpc) is 2.35. The lowest BCUT2D eigenvalue weighted by atomic mass is 10.0. The molecule has 0 saturated carbocycles. The molecule has 0 amide bonds. The van der Waals surface area contributed by atoms with Gasteiger partial charge in [-0.25, -0.2) is 0 Å². The molecular weight excluding hydrogens is 325 g/mol. The van der Waals surface area contributed by atoms with Gasteiger partial charge in [-0.2, -0.15) is 0 Å². The van der Waals surface area contributed by atoms with Gasteiger partial charge >= 0.3 is 0 Å². The van der Waals surface area contributed by atoms with Crippen LogP contribution in [0.4, 0.5) is 0 Å². The number of nitrogens with zero attached hydrogens (tertiary/aromatic N) is 1. The molecule has 2 aromatic rings. The number of aliphatic hydroxyl groups excluding tert-OH is 1. The number of halogens is 1. The summed E-state index contributed by atoms with van der Waals surface area (Å²) < 4.78 is 1.20. The van der Waals surface area contributed by atoms with Crippen LogP contribution in [0.5, 0.6) is 0 Å². The molecule has 0 bridgehead atoms. The molecule has 0 saturated heterocycles. The van der Waals surface area contributed by atoms with Gasteiger partial charge in [-0.15, -0.1) is 0 Å². The maximum atomic E-state index is 10.1. The van der Waals surface area contributed by atoms with Gasteiger partial charge in [-0.05, 0) is 63.3 Å². The van der Waals surface area contributed by atoms with Crippen molar-refractivity contribution in [1.29, 1.82) is 0 Å². The predicted octanol–water partition coefficient (Wildman–Crippen LogP) is 4.00. The van der Waals surface area contributed by atoms with E-state index in [-0.39, 0.29) is 0 Å². The van der Waals surface area contributed by atoms with Crippen molar-refractivity contribution in [3.8, 4) is 0 Å². The van der Waals surface area contributed by atoms with Crippen LogP contribution in [-0.4, -0.2) is 10.1 Å². The molecule has 0 unspecified atom stereocenters. The summed E-state index contributed by atoms with van der Waals surface area (Å²) in [5.41, 5.74) is 1.91. The number of hydrogen-bond donors (Lipinski definition) is 1. The van der Waals surface area contributed by atoms with Crippen LogP contribution in [0.3, 0.4) is 0 Å². The summed E-state index contributed by atoms with van der Waals surface area (Å²) in [6, 6.07) is 9.82. The van der Waals surface area contributed by atoms with Gasteiger partial charge < -0.3 is 5.11 Å². The Kier molecular flexibility index (Phi) is 4.12. The van der Waals surface area contributed by atoms with Crippen LogP contribution in [0.2, 0.25) is 0 Å². The predicted molar refractivity (Wildman–Crippen MR) is 79.1 cm³/mol. The van der Waals surface area contributed by atoms with Crippen molar-refractivity contribution in [2.24, 2.45) is 0 Å². The maximum Gasteiger partial charge on any atom is 0.0825 e. The normalized spacial score (nSPS) is 13.9. The van der Waals surface area contributed by atoms with E-state index >= 15 is 0 Å². The smallest absolute Gasteiger partial charge is 0.0825 e. The van der Waals surface area contributed by atoms with Crippen LogP contribution < -0.4 is 0 Å². The Bertz CT molecular complexity index is 547. The first-order valence-corrected chi connectivity index (χ1v) is 6.59. The van der Waals surface area contributed by atoms with Crippen molar-refractivity contribution in [3.05, 3.63) is 51.7 Å². The summed E-state index contributed by atoms with van der Waals surface area (Å²) in [6.45, 7) is 2.03. The average molecular weight is 339 g/mol. The molecule has 17 heavy (non-hydrogen) atoms. The third-order valence-corrected chi connectivity index (χ3v) is 3.07. The van der Waals surface area contributed by atoms with Gasteiger partial charge in [-0.3, -0.25) is 4.98 Å². The van der Waals surface area contributed by atoms with Crippen LogP contribution in [-0.2, 0) is 0 Å². The maximum absolute atomic E-state index is 10.1. The van der Waals surface area contributed by atoms with E-state index in [1.807, 2.05) is 43.3 Å². The molecule has 1 aromatic heterocycles. The van der Waals surface area contributed by atoms with E-state index in [2.05, 4.69) is 27.6 Å². The number of pyridine rings is 1. The van der Waals surface area contributed by atoms with E-state index in [9.17, 15) is 5.11 Å². The molecule has 1 aromatic carbocycles. The van der Waals surface area contributed by atoms with Crippen molar-refractivity contribution in [1.82, 2.24) is 4.98 Å². The molecule has 2 rings (SSSR count). The third kappa shape index (κ3) is 3.26. The van der Waals surface area contributed by atoms with E-state index < -0.39 is 6.10 Å². The highest BCUT2D eigenvalue weighted by Crippen LogP contribution is 2.22. The molecule has 0 fully saturated rings. The minimum absolute atomic E-state index is 0.440. The Morgan fingerprint density at radius 1 is 1.47 bits per heavy atom. The minimum atomic E-state index is -0.440. The van der Waals surface area contributed by atoms with Crippen LogP contribution in [0.15, 0.2) is 46.2 Å². The Hall–Kier alpha value is -0.940. The number of rotatable bonds is 3. The Morgan fingerprint density at radius 2 is 2.29 bits per heavy atom. The largest absolute Gasteiger partial charge is 0.388 e. The second kappa shape index (κ2) is 5.60. The first-order chi connectivity index (χ1) is 8.16. The van der Waals surface area contributed by atoms with E-state index in [4.69, 9.17) is 0 Å². The lowest BCUT2D eigenvalue weighted by molar-refractivity contribution is 0.181. The zero-order valence-electron chi connectivity index (χ0n) is 9.60. The highest BCUT2D eigenvalue weighted by Gasteiger charge is 2.06. The second-order valence-electron chi connectivity index (χ2n) is 4.00. The van der Waals surface area contributed by atoms with E-state index in [0.717, 1.165) is 16.5 Å². The minimum Gasteiger partial charge on any atom is -0.388 e. The van der Waals surface area contributed by atoms with Gasteiger partial charge in [0.1, 0.15) is 0 Å². The highest BCUT2D eigenvalue weighted by molar-refractivity contribution is 14.1. The van der Waals surface area contributed by atoms with Gasteiger partial charge in [0, 0.05) is 11.6 Å². The quantitative estimate of drug-likeness (QED) is 0.858. The number of allylic oxidation sites excluding steroid dienone is 1. The molecule has 1 N–H and O–H groups in total. The number of benzene rings is 1. The SMILES string of the molecule is C/C(I)=C\C[C@@H](O)c1ccc2ncccc2c1. The first-order valence-electron chi connectivity index (χ1n) is 5.52. The summed E-state index contributed by atoms with van der Waals surface area (Å²) in [5.74, 6) is 0. The van der Waals surface area contributed by atoms with Crippen molar-refractivity contribution in [2.45, 2.75) is 19.4 Å². The molecule has 0 spiro atoms. The zero-order chi connectivity index (χ0) is 12.3. The van der Waals surface area contributed by atoms with Crippen LogP contribution in [0, 0.1) is 0 Å². The fourth-order valence-electron chi connectivity index (χ4n) is 1.71. The third-order valence-electron chi connectivity index (χ3n) is 2.63. The van der Waals surface area contributed by atoms with Crippen molar-refractivity contribution >= 4 is 33.5 Å². The topological polar surface area (TPSA) is 33.1 Å². The fraction of sp³-hybridized carbons (Fsp3) is 0.214. The monoisotopic (exact) mass is 339 g/mol. The van der Waals surface area contributed by atoms with Crippen molar-refractivity contribution < 1.29 is 5.11 Å². The number of aliphatic hydroxyl groups is 1. The Labute approximate surface area is 115 Å². The van der Waals surface area contributed by atoms with Gasteiger partial charge in [0.25, 0.3) is 0 Å². The molecule has 0 aliphatic rings. The van der Waals surface area contributed by atoms with E-state index in [1.165, 1.54) is 3.58 Å².